The minimum atomic E-state index is 0.161. The SMILES string of the molecule is CC(C)C(CCO)Nc1nc2ccc(Br)cn2n1. The van der Waals surface area contributed by atoms with Crippen LogP contribution in [0.25, 0.3) is 5.65 Å². The lowest BCUT2D eigenvalue weighted by Crippen LogP contribution is -2.27. The Labute approximate surface area is 114 Å². The van der Waals surface area contributed by atoms with Crippen LogP contribution in [-0.4, -0.2) is 32.4 Å². The molecule has 0 saturated heterocycles. The van der Waals surface area contributed by atoms with Crippen LogP contribution in [0.2, 0.25) is 0 Å². The molecule has 2 aromatic rings. The molecular formula is C12H17BrN4O. The van der Waals surface area contributed by atoms with E-state index in [1.54, 1.807) is 4.52 Å². The number of pyridine rings is 1. The van der Waals surface area contributed by atoms with Crippen LogP contribution in [-0.2, 0) is 0 Å². The minimum Gasteiger partial charge on any atom is -0.396 e. The molecule has 18 heavy (non-hydrogen) atoms. The largest absolute Gasteiger partial charge is 0.396 e. The summed E-state index contributed by atoms with van der Waals surface area (Å²) >= 11 is 3.40. The highest BCUT2D eigenvalue weighted by Crippen LogP contribution is 2.15. The van der Waals surface area contributed by atoms with Gasteiger partial charge in [0, 0.05) is 23.3 Å². The Balaban J connectivity index is 2.20. The number of fused-ring (bicyclic) bond motifs is 1. The third-order valence-corrected chi connectivity index (χ3v) is 3.32. The fourth-order valence-corrected chi connectivity index (χ4v) is 2.12. The molecule has 1 atom stereocenters. The van der Waals surface area contributed by atoms with Crippen molar-refractivity contribution >= 4 is 27.5 Å². The summed E-state index contributed by atoms with van der Waals surface area (Å²) in [6.45, 7) is 4.38. The molecule has 0 aliphatic heterocycles. The van der Waals surface area contributed by atoms with Crippen molar-refractivity contribution in [1.29, 1.82) is 0 Å². The molecule has 0 radical (unpaired) electrons. The van der Waals surface area contributed by atoms with Crippen LogP contribution in [0.15, 0.2) is 22.8 Å². The van der Waals surface area contributed by atoms with Crippen molar-refractivity contribution in [2.75, 3.05) is 11.9 Å². The van der Waals surface area contributed by atoms with Gasteiger partial charge in [0.15, 0.2) is 5.65 Å². The summed E-state index contributed by atoms with van der Waals surface area (Å²) in [5.41, 5.74) is 0.798. The molecule has 6 heteroatoms. The number of halogens is 1. The zero-order valence-electron chi connectivity index (χ0n) is 10.5. The summed E-state index contributed by atoms with van der Waals surface area (Å²) in [5, 5.41) is 16.7. The summed E-state index contributed by atoms with van der Waals surface area (Å²) in [7, 11) is 0. The molecule has 0 aliphatic carbocycles. The lowest BCUT2D eigenvalue weighted by molar-refractivity contribution is 0.267. The van der Waals surface area contributed by atoms with E-state index in [1.807, 2.05) is 18.3 Å². The van der Waals surface area contributed by atoms with Gasteiger partial charge in [0.05, 0.1) is 0 Å². The first-order valence-corrected chi connectivity index (χ1v) is 6.79. The van der Waals surface area contributed by atoms with E-state index in [2.05, 4.69) is 45.2 Å². The second-order valence-corrected chi connectivity index (χ2v) is 5.51. The quantitative estimate of drug-likeness (QED) is 0.889. The fourth-order valence-electron chi connectivity index (χ4n) is 1.80. The molecule has 5 nitrogen and oxygen atoms in total. The first-order valence-electron chi connectivity index (χ1n) is 5.99. The molecule has 0 saturated carbocycles. The highest BCUT2D eigenvalue weighted by molar-refractivity contribution is 9.10. The lowest BCUT2D eigenvalue weighted by atomic mass is 10.0. The van der Waals surface area contributed by atoms with Gasteiger partial charge in [0.1, 0.15) is 0 Å². The average Bonchev–Trinajstić information content (AvgIpc) is 2.69. The van der Waals surface area contributed by atoms with Crippen molar-refractivity contribution in [3.05, 3.63) is 22.8 Å². The molecule has 0 fully saturated rings. The Morgan fingerprint density at radius 2 is 2.22 bits per heavy atom. The molecule has 1 unspecified atom stereocenters. The number of rotatable bonds is 5. The smallest absolute Gasteiger partial charge is 0.243 e. The maximum absolute atomic E-state index is 9.05. The predicted octanol–water partition coefficient (Wildman–Crippen LogP) is 2.31. The number of nitrogens with zero attached hydrogens (tertiary/aromatic N) is 3. The van der Waals surface area contributed by atoms with Gasteiger partial charge in [-0.2, -0.15) is 4.98 Å². The van der Waals surface area contributed by atoms with Gasteiger partial charge in [0.25, 0.3) is 0 Å². The highest BCUT2D eigenvalue weighted by Gasteiger charge is 2.14. The second kappa shape index (κ2) is 5.67. The first kappa shape index (κ1) is 13.3. The van der Waals surface area contributed by atoms with Gasteiger partial charge in [-0.25, -0.2) is 4.52 Å². The number of nitrogens with one attached hydrogen (secondary N) is 1. The number of aliphatic hydroxyl groups excluding tert-OH is 1. The first-order chi connectivity index (χ1) is 8.60. The Hall–Kier alpha value is -1.14. The number of aliphatic hydroxyl groups is 1. The molecule has 98 valence electrons. The van der Waals surface area contributed by atoms with Gasteiger partial charge in [-0.1, -0.05) is 13.8 Å². The Morgan fingerprint density at radius 1 is 1.44 bits per heavy atom. The molecule has 2 N–H and O–H groups in total. The summed E-state index contributed by atoms with van der Waals surface area (Å²) in [6.07, 6.45) is 2.56. The zero-order chi connectivity index (χ0) is 13.1. The number of anilines is 1. The van der Waals surface area contributed by atoms with E-state index in [-0.39, 0.29) is 12.6 Å². The van der Waals surface area contributed by atoms with Gasteiger partial charge >= 0.3 is 0 Å². The summed E-state index contributed by atoms with van der Waals surface area (Å²) in [6, 6.07) is 4.01. The van der Waals surface area contributed by atoms with E-state index in [1.165, 1.54) is 0 Å². The van der Waals surface area contributed by atoms with Gasteiger partial charge in [0.2, 0.25) is 5.95 Å². The summed E-state index contributed by atoms with van der Waals surface area (Å²) in [4.78, 5) is 4.40. The summed E-state index contributed by atoms with van der Waals surface area (Å²) < 4.78 is 2.69. The maximum atomic E-state index is 9.05. The number of aromatic nitrogens is 3. The molecule has 0 spiro atoms. The van der Waals surface area contributed by atoms with Crippen molar-refractivity contribution < 1.29 is 5.11 Å². The standard InChI is InChI=1S/C12H17BrN4O/c1-8(2)10(5-6-18)14-12-15-11-4-3-9(13)7-17(11)16-12/h3-4,7-8,10,18H,5-6H2,1-2H3,(H,14,16). The lowest BCUT2D eigenvalue weighted by Gasteiger charge is -2.20. The number of hydrogen-bond donors (Lipinski definition) is 2. The average molecular weight is 313 g/mol. The van der Waals surface area contributed by atoms with Crippen LogP contribution in [0.1, 0.15) is 20.3 Å². The van der Waals surface area contributed by atoms with Crippen LogP contribution in [0.5, 0.6) is 0 Å². The van der Waals surface area contributed by atoms with Gasteiger partial charge in [-0.05, 0) is 40.4 Å². The molecule has 0 bridgehead atoms. The van der Waals surface area contributed by atoms with Crippen molar-refractivity contribution in [2.24, 2.45) is 5.92 Å². The van der Waals surface area contributed by atoms with Gasteiger partial charge < -0.3 is 10.4 Å². The minimum absolute atomic E-state index is 0.161. The summed E-state index contributed by atoms with van der Waals surface area (Å²) in [5.74, 6) is 1.01. The van der Waals surface area contributed by atoms with Crippen molar-refractivity contribution in [1.82, 2.24) is 14.6 Å². The molecule has 0 aliphatic rings. The van der Waals surface area contributed by atoms with Crippen LogP contribution in [0.3, 0.4) is 0 Å². The highest BCUT2D eigenvalue weighted by atomic mass is 79.9. The topological polar surface area (TPSA) is 62.5 Å². The molecule has 2 rings (SSSR count). The zero-order valence-corrected chi connectivity index (χ0v) is 12.1. The van der Waals surface area contributed by atoms with E-state index in [9.17, 15) is 0 Å². The van der Waals surface area contributed by atoms with Crippen LogP contribution >= 0.6 is 15.9 Å². The Bertz CT molecular complexity index is 526. The number of hydrogen-bond acceptors (Lipinski definition) is 4. The van der Waals surface area contributed by atoms with Crippen molar-refractivity contribution in [2.45, 2.75) is 26.3 Å². The fraction of sp³-hybridized carbons (Fsp3) is 0.500. The van der Waals surface area contributed by atoms with Crippen LogP contribution in [0, 0.1) is 5.92 Å². The van der Waals surface area contributed by atoms with E-state index >= 15 is 0 Å². The van der Waals surface area contributed by atoms with Gasteiger partial charge in [-0.3, -0.25) is 0 Å². The van der Waals surface area contributed by atoms with E-state index in [0.717, 1.165) is 10.1 Å². The Morgan fingerprint density at radius 3 is 2.89 bits per heavy atom. The maximum Gasteiger partial charge on any atom is 0.243 e. The molecule has 2 heterocycles. The van der Waals surface area contributed by atoms with Gasteiger partial charge in [-0.15, -0.1) is 5.10 Å². The van der Waals surface area contributed by atoms with E-state index < -0.39 is 0 Å². The predicted molar refractivity (Wildman–Crippen MR) is 74.6 cm³/mol. The molecule has 0 aromatic carbocycles. The van der Waals surface area contributed by atoms with E-state index in [4.69, 9.17) is 5.11 Å². The normalized spacial score (nSPS) is 13.2. The third-order valence-electron chi connectivity index (χ3n) is 2.85. The Kier molecular flexibility index (Phi) is 4.19. The third kappa shape index (κ3) is 3.00. The second-order valence-electron chi connectivity index (χ2n) is 4.59. The monoisotopic (exact) mass is 312 g/mol. The molecule has 2 aromatic heterocycles. The van der Waals surface area contributed by atoms with Crippen LogP contribution < -0.4 is 5.32 Å². The molecule has 0 amide bonds. The van der Waals surface area contributed by atoms with Crippen LogP contribution in [0.4, 0.5) is 5.95 Å². The van der Waals surface area contributed by atoms with Crippen molar-refractivity contribution in [3.8, 4) is 0 Å². The molecular weight excluding hydrogens is 296 g/mol. The van der Waals surface area contributed by atoms with E-state index in [0.29, 0.717) is 18.3 Å². The van der Waals surface area contributed by atoms with Crippen molar-refractivity contribution in [3.63, 3.8) is 0 Å².